The Bertz CT molecular complexity index is 1210. The van der Waals surface area contributed by atoms with Crippen LogP contribution in [0.4, 0.5) is 10.7 Å². The molecule has 2 N–H and O–H groups in total. The number of sulfonamides is 1. The summed E-state index contributed by atoms with van der Waals surface area (Å²) < 4.78 is 32.8. The fourth-order valence-corrected chi connectivity index (χ4v) is 4.40. The molecule has 0 bridgehead atoms. The Balaban J connectivity index is 1.60. The SMILES string of the molecule is Cc1nc(NC(=O)NS(=O)(=O)c2ccc(Cl)c3ccccc23)nc2c1CCO2. The Morgan fingerprint density at radius 1 is 1.14 bits per heavy atom. The molecule has 2 amide bonds. The summed E-state index contributed by atoms with van der Waals surface area (Å²) in [5.74, 6) is 0.362. The zero-order chi connectivity index (χ0) is 19.9. The number of carbonyl (C=O) groups is 1. The highest BCUT2D eigenvalue weighted by molar-refractivity contribution is 7.90. The van der Waals surface area contributed by atoms with E-state index in [-0.39, 0.29) is 10.8 Å². The van der Waals surface area contributed by atoms with Gasteiger partial charge in [-0.1, -0.05) is 35.9 Å². The van der Waals surface area contributed by atoms with Crippen molar-refractivity contribution >= 4 is 44.4 Å². The zero-order valence-electron chi connectivity index (χ0n) is 14.7. The van der Waals surface area contributed by atoms with E-state index in [1.54, 1.807) is 31.2 Å². The zero-order valence-corrected chi connectivity index (χ0v) is 16.3. The predicted octanol–water partition coefficient (Wildman–Crippen LogP) is 3.04. The van der Waals surface area contributed by atoms with Crippen molar-refractivity contribution in [2.75, 3.05) is 11.9 Å². The molecule has 0 radical (unpaired) electrons. The van der Waals surface area contributed by atoms with Crippen LogP contribution in [0.25, 0.3) is 10.8 Å². The van der Waals surface area contributed by atoms with Crippen LogP contribution in [-0.2, 0) is 16.4 Å². The van der Waals surface area contributed by atoms with Crippen LogP contribution in [0.1, 0.15) is 11.3 Å². The minimum atomic E-state index is -4.15. The van der Waals surface area contributed by atoms with Gasteiger partial charge in [-0.3, -0.25) is 5.32 Å². The van der Waals surface area contributed by atoms with Crippen LogP contribution >= 0.6 is 11.6 Å². The summed E-state index contributed by atoms with van der Waals surface area (Å²) >= 11 is 6.13. The molecule has 10 heteroatoms. The summed E-state index contributed by atoms with van der Waals surface area (Å²) in [6.07, 6.45) is 0.700. The lowest BCUT2D eigenvalue weighted by Gasteiger charge is -2.11. The first-order valence-electron chi connectivity index (χ1n) is 8.36. The van der Waals surface area contributed by atoms with Gasteiger partial charge >= 0.3 is 6.03 Å². The van der Waals surface area contributed by atoms with Crippen molar-refractivity contribution in [1.82, 2.24) is 14.7 Å². The van der Waals surface area contributed by atoms with Gasteiger partial charge in [0.1, 0.15) is 0 Å². The van der Waals surface area contributed by atoms with Gasteiger partial charge in [-0.15, -0.1) is 0 Å². The monoisotopic (exact) mass is 418 g/mol. The number of rotatable bonds is 3. The first-order chi connectivity index (χ1) is 13.3. The number of aromatic nitrogens is 2. The Hall–Kier alpha value is -2.91. The van der Waals surface area contributed by atoms with E-state index < -0.39 is 16.1 Å². The molecule has 1 aliphatic heterocycles. The molecule has 0 unspecified atom stereocenters. The molecule has 2 heterocycles. The minimum Gasteiger partial charge on any atom is -0.477 e. The highest BCUT2D eigenvalue weighted by atomic mass is 35.5. The van der Waals surface area contributed by atoms with Crippen molar-refractivity contribution in [1.29, 1.82) is 0 Å². The Morgan fingerprint density at radius 2 is 1.89 bits per heavy atom. The number of aryl methyl sites for hydroxylation is 1. The molecule has 3 aromatic rings. The van der Waals surface area contributed by atoms with E-state index in [1.807, 2.05) is 4.72 Å². The second kappa shape index (κ2) is 6.92. The molecule has 0 saturated heterocycles. The summed E-state index contributed by atoms with van der Waals surface area (Å²) in [6, 6.07) is 8.62. The van der Waals surface area contributed by atoms with Crippen LogP contribution in [0, 0.1) is 6.92 Å². The number of hydrogen-bond acceptors (Lipinski definition) is 6. The third kappa shape index (κ3) is 3.34. The van der Waals surface area contributed by atoms with Gasteiger partial charge in [0.2, 0.25) is 11.8 Å². The molecular weight excluding hydrogens is 404 g/mol. The molecule has 2 aromatic carbocycles. The Kier molecular flexibility index (Phi) is 4.56. The van der Waals surface area contributed by atoms with E-state index >= 15 is 0 Å². The smallest absolute Gasteiger partial charge is 0.335 e. The highest BCUT2D eigenvalue weighted by Gasteiger charge is 2.23. The number of urea groups is 1. The summed E-state index contributed by atoms with van der Waals surface area (Å²) in [7, 11) is -4.15. The van der Waals surface area contributed by atoms with Crippen molar-refractivity contribution < 1.29 is 17.9 Å². The third-order valence-corrected chi connectivity index (χ3v) is 6.06. The molecule has 0 aliphatic carbocycles. The van der Waals surface area contributed by atoms with Gasteiger partial charge in [0.25, 0.3) is 10.0 Å². The van der Waals surface area contributed by atoms with Gasteiger partial charge < -0.3 is 4.74 Å². The number of hydrogen-bond donors (Lipinski definition) is 2. The topological polar surface area (TPSA) is 110 Å². The van der Waals surface area contributed by atoms with Crippen molar-refractivity contribution in [3.8, 4) is 5.88 Å². The molecule has 144 valence electrons. The third-order valence-electron chi connectivity index (χ3n) is 4.34. The van der Waals surface area contributed by atoms with Crippen LogP contribution < -0.4 is 14.8 Å². The molecule has 0 fully saturated rings. The van der Waals surface area contributed by atoms with Gasteiger partial charge in [0.15, 0.2) is 0 Å². The minimum absolute atomic E-state index is 0.0354. The molecule has 0 saturated carbocycles. The lowest BCUT2D eigenvalue weighted by Crippen LogP contribution is -2.35. The number of halogens is 1. The average Bonchev–Trinajstić information content (AvgIpc) is 3.10. The second-order valence-corrected chi connectivity index (χ2v) is 8.22. The van der Waals surface area contributed by atoms with E-state index in [0.717, 1.165) is 5.56 Å². The number of amides is 2. The first kappa shape index (κ1) is 18.5. The van der Waals surface area contributed by atoms with Crippen LogP contribution in [0.5, 0.6) is 5.88 Å². The van der Waals surface area contributed by atoms with Crippen molar-refractivity contribution in [2.45, 2.75) is 18.2 Å². The van der Waals surface area contributed by atoms with Crippen molar-refractivity contribution in [3.63, 3.8) is 0 Å². The fraction of sp³-hybridized carbons (Fsp3) is 0.167. The number of carbonyl (C=O) groups excluding carboxylic acids is 1. The van der Waals surface area contributed by atoms with E-state index in [9.17, 15) is 13.2 Å². The van der Waals surface area contributed by atoms with E-state index in [0.29, 0.717) is 40.4 Å². The van der Waals surface area contributed by atoms with Gasteiger partial charge in [-0.05, 0) is 19.1 Å². The number of ether oxygens (including phenoxy) is 1. The summed E-state index contributed by atoms with van der Waals surface area (Å²) in [5, 5.41) is 3.74. The standard InChI is InChI=1S/C18H15ClN4O4S/c1-10-11-8-9-27-16(11)21-17(20-10)22-18(24)23-28(25,26)15-7-6-14(19)12-4-2-3-5-13(12)15/h2-7H,8-9H2,1H3,(H2,20,21,22,23,24). The molecule has 1 aliphatic rings. The summed E-state index contributed by atoms with van der Waals surface area (Å²) in [4.78, 5) is 20.5. The maximum Gasteiger partial charge on any atom is 0.335 e. The molecule has 0 spiro atoms. The van der Waals surface area contributed by atoms with Crippen molar-refractivity contribution in [3.05, 3.63) is 52.7 Å². The second-order valence-electron chi connectivity index (χ2n) is 6.17. The number of nitrogens with zero attached hydrogens (tertiary/aromatic N) is 2. The molecule has 4 rings (SSSR count). The lowest BCUT2D eigenvalue weighted by molar-refractivity contribution is 0.256. The van der Waals surface area contributed by atoms with E-state index in [2.05, 4.69) is 15.3 Å². The van der Waals surface area contributed by atoms with Gasteiger partial charge in [0, 0.05) is 27.8 Å². The molecule has 28 heavy (non-hydrogen) atoms. The largest absolute Gasteiger partial charge is 0.477 e. The van der Waals surface area contributed by atoms with Crippen LogP contribution in [-0.4, -0.2) is 31.0 Å². The number of nitrogens with one attached hydrogen (secondary N) is 2. The van der Waals surface area contributed by atoms with E-state index in [1.165, 1.54) is 12.1 Å². The van der Waals surface area contributed by atoms with Crippen LogP contribution in [0.15, 0.2) is 41.3 Å². The summed E-state index contributed by atoms with van der Waals surface area (Å²) in [6.45, 7) is 2.27. The predicted molar refractivity (Wildman–Crippen MR) is 104 cm³/mol. The summed E-state index contributed by atoms with van der Waals surface area (Å²) in [5.41, 5.74) is 1.55. The normalized spacial score (nSPS) is 13.1. The number of anilines is 1. The van der Waals surface area contributed by atoms with E-state index in [4.69, 9.17) is 16.3 Å². The maximum absolute atomic E-state index is 12.7. The van der Waals surface area contributed by atoms with Crippen LogP contribution in [0.2, 0.25) is 5.02 Å². The van der Waals surface area contributed by atoms with Crippen LogP contribution in [0.3, 0.4) is 0 Å². The molecular formula is C18H15ClN4O4S. The highest BCUT2D eigenvalue weighted by Crippen LogP contribution is 2.29. The van der Waals surface area contributed by atoms with Crippen molar-refractivity contribution in [2.24, 2.45) is 0 Å². The first-order valence-corrected chi connectivity index (χ1v) is 10.2. The quantitative estimate of drug-likeness (QED) is 0.676. The van der Waals surface area contributed by atoms with Gasteiger partial charge in [-0.25, -0.2) is 22.9 Å². The number of benzene rings is 2. The Morgan fingerprint density at radius 3 is 2.68 bits per heavy atom. The van der Waals surface area contributed by atoms with Gasteiger partial charge in [0.05, 0.1) is 17.2 Å². The lowest BCUT2D eigenvalue weighted by atomic mass is 10.1. The molecule has 1 aromatic heterocycles. The Labute approximate surface area is 166 Å². The fourth-order valence-electron chi connectivity index (χ4n) is 3.06. The number of fused-ring (bicyclic) bond motifs is 2. The average molecular weight is 419 g/mol. The van der Waals surface area contributed by atoms with Gasteiger partial charge in [-0.2, -0.15) is 4.98 Å². The molecule has 0 atom stereocenters. The maximum atomic E-state index is 12.7. The molecule has 8 nitrogen and oxygen atoms in total.